The first-order chi connectivity index (χ1) is 10.2. The molecule has 3 aromatic rings. The van der Waals surface area contributed by atoms with E-state index in [9.17, 15) is 4.39 Å². The van der Waals surface area contributed by atoms with Crippen LogP contribution in [0, 0.1) is 24.1 Å². The van der Waals surface area contributed by atoms with Gasteiger partial charge in [-0.3, -0.25) is 0 Å². The summed E-state index contributed by atoms with van der Waals surface area (Å²) >= 11 is 0. The van der Waals surface area contributed by atoms with E-state index in [1.807, 2.05) is 37.3 Å². The number of nitriles is 1. The topological polar surface area (TPSA) is 65.4 Å². The van der Waals surface area contributed by atoms with Crippen LogP contribution in [0.5, 0.6) is 0 Å². The molecule has 0 radical (unpaired) electrons. The van der Waals surface area contributed by atoms with E-state index in [0.717, 1.165) is 22.3 Å². The van der Waals surface area contributed by atoms with Crippen LogP contribution in [0.1, 0.15) is 11.3 Å². The summed E-state index contributed by atoms with van der Waals surface area (Å²) in [5.41, 5.74) is 4.51. The Balaban J connectivity index is 2.00. The van der Waals surface area contributed by atoms with Gasteiger partial charge in [-0.25, -0.2) is 9.49 Å². The molecule has 1 N–H and O–H groups in total. The third-order valence-electron chi connectivity index (χ3n) is 3.32. The van der Waals surface area contributed by atoms with Crippen molar-refractivity contribution in [2.75, 3.05) is 0 Å². The predicted molar refractivity (Wildman–Crippen MR) is 76.7 cm³/mol. The van der Waals surface area contributed by atoms with E-state index in [-0.39, 0.29) is 5.82 Å². The summed E-state index contributed by atoms with van der Waals surface area (Å²) in [5, 5.41) is 19.1. The minimum Gasteiger partial charge on any atom is -0.247 e. The van der Waals surface area contributed by atoms with Gasteiger partial charge in [-0.2, -0.15) is 5.26 Å². The molecule has 1 aromatic heterocycles. The quantitative estimate of drug-likeness (QED) is 0.780. The fourth-order valence-electron chi connectivity index (χ4n) is 2.27. The second kappa shape index (κ2) is 5.17. The number of aromatic nitrogens is 3. The number of hydrogen-bond donors (Lipinski definition) is 1. The Hall–Kier alpha value is -3.00. The van der Waals surface area contributed by atoms with Gasteiger partial charge >= 0.3 is 0 Å². The fourth-order valence-corrected chi connectivity index (χ4v) is 2.27. The van der Waals surface area contributed by atoms with Crippen LogP contribution in [-0.2, 0) is 0 Å². The number of benzene rings is 2. The molecule has 0 fully saturated rings. The molecule has 5 heteroatoms. The molecule has 1 heterocycles. The number of rotatable bonds is 2. The Morgan fingerprint density at radius 1 is 1.10 bits per heavy atom. The molecular weight excluding hydrogens is 267 g/mol. The Kier molecular flexibility index (Phi) is 3.20. The van der Waals surface area contributed by atoms with Crippen molar-refractivity contribution in [1.29, 1.82) is 5.26 Å². The van der Waals surface area contributed by atoms with Crippen molar-refractivity contribution >= 4 is 0 Å². The molecule has 4 nitrogen and oxygen atoms in total. The van der Waals surface area contributed by atoms with Crippen molar-refractivity contribution < 1.29 is 4.39 Å². The van der Waals surface area contributed by atoms with Crippen molar-refractivity contribution in [3.63, 3.8) is 0 Å². The Morgan fingerprint density at radius 2 is 1.81 bits per heavy atom. The summed E-state index contributed by atoms with van der Waals surface area (Å²) in [4.78, 5) is 0. The maximum Gasteiger partial charge on any atom is 0.163 e. The summed E-state index contributed by atoms with van der Waals surface area (Å²) in [5.74, 6) is -0.242. The average Bonchev–Trinajstić information content (AvgIpc) is 2.96. The van der Waals surface area contributed by atoms with Crippen LogP contribution in [0.3, 0.4) is 0 Å². The van der Waals surface area contributed by atoms with Crippen LogP contribution in [0.4, 0.5) is 4.39 Å². The summed E-state index contributed by atoms with van der Waals surface area (Å²) in [7, 11) is 0. The summed E-state index contributed by atoms with van der Waals surface area (Å²) in [6.45, 7) is 1.87. The molecule has 102 valence electrons. The van der Waals surface area contributed by atoms with Gasteiger partial charge in [0, 0.05) is 5.56 Å². The zero-order chi connectivity index (χ0) is 14.8. The lowest BCUT2D eigenvalue weighted by Crippen LogP contribution is -1.87. The highest BCUT2D eigenvalue weighted by Gasteiger charge is 2.10. The molecule has 0 saturated heterocycles. The molecule has 2 aromatic carbocycles. The maximum atomic E-state index is 13.1. The van der Waals surface area contributed by atoms with Crippen molar-refractivity contribution in [3.05, 3.63) is 59.5 Å². The van der Waals surface area contributed by atoms with Crippen molar-refractivity contribution in [3.8, 4) is 28.5 Å². The van der Waals surface area contributed by atoms with Gasteiger partial charge in [0.1, 0.15) is 17.6 Å². The molecule has 0 atom stereocenters. The van der Waals surface area contributed by atoms with E-state index in [0.29, 0.717) is 11.4 Å². The van der Waals surface area contributed by atoms with Crippen LogP contribution < -0.4 is 0 Å². The zero-order valence-corrected chi connectivity index (χ0v) is 11.3. The molecule has 0 bridgehead atoms. The highest BCUT2D eigenvalue weighted by molar-refractivity contribution is 5.72. The normalized spacial score (nSPS) is 10.3. The molecule has 0 amide bonds. The van der Waals surface area contributed by atoms with Gasteiger partial charge in [0.15, 0.2) is 5.69 Å². The number of aryl methyl sites for hydroxylation is 1. The van der Waals surface area contributed by atoms with Gasteiger partial charge < -0.3 is 0 Å². The first kappa shape index (κ1) is 13.0. The minimum atomic E-state index is -0.242. The van der Waals surface area contributed by atoms with Gasteiger partial charge in [-0.05, 0) is 35.7 Å². The van der Waals surface area contributed by atoms with Crippen LogP contribution in [-0.4, -0.2) is 15.4 Å². The Labute approximate surface area is 120 Å². The number of halogens is 1. The average molecular weight is 278 g/mol. The van der Waals surface area contributed by atoms with Gasteiger partial charge in [0.25, 0.3) is 0 Å². The number of H-pyrrole nitrogens is 1. The van der Waals surface area contributed by atoms with Crippen molar-refractivity contribution in [2.24, 2.45) is 0 Å². The maximum absolute atomic E-state index is 13.1. The monoisotopic (exact) mass is 278 g/mol. The highest BCUT2D eigenvalue weighted by Crippen LogP contribution is 2.27. The Morgan fingerprint density at radius 3 is 2.48 bits per heavy atom. The summed E-state index contributed by atoms with van der Waals surface area (Å²) in [6.07, 6.45) is 0. The minimum absolute atomic E-state index is 0.242. The standard InChI is InChI=1S/C16H11FN4/c1-10-8-13(17)6-7-14(10)11-2-4-12(5-3-11)16-15(9-18)19-21-20-16/h2-8H,1H3,(H,19,20,21). The third-order valence-corrected chi connectivity index (χ3v) is 3.32. The van der Waals surface area contributed by atoms with Gasteiger partial charge in [0.05, 0.1) is 0 Å². The molecule has 0 saturated carbocycles. The lowest BCUT2D eigenvalue weighted by Gasteiger charge is -2.07. The fraction of sp³-hybridized carbons (Fsp3) is 0.0625. The zero-order valence-electron chi connectivity index (χ0n) is 11.3. The van der Waals surface area contributed by atoms with Crippen LogP contribution in [0.15, 0.2) is 42.5 Å². The van der Waals surface area contributed by atoms with Gasteiger partial charge in [-0.1, -0.05) is 35.5 Å². The van der Waals surface area contributed by atoms with Crippen LogP contribution in [0.2, 0.25) is 0 Å². The molecule has 21 heavy (non-hydrogen) atoms. The molecule has 0 spiro atoms. The SMILES string of the molecule is Cc1cc(F)ccc1-c1ccc(-c2nn[nH]c2C#N)cc1. The van der Waals surface area contributed by atoms with E-state index in [2.05, 4.69) is 15.4 Å². The second-order valence-corrected chi connectivity index (χ2v) is 4.68. The van der Waals surface area contributed by atoms with E-state index in [4.69, 9.17) is 5.26 Å². The lowest BCUT2D eigenvalue weighted by atomic mass is 9.98. The van der Waals surface area contributed by atoms with Crippen LogP contribution >= 0.6 is 0 Å². The number of nitrogens with one attached hydrogen (secondary N) is 1. The van der Waals surface area contributed by atoms with Crippen LogP contribution in [0.25, 0.3) is 22.4 Å². The second-order valence-electron chi connectivity index (χ2n) is 4.68. The largest absolute Gasteiger partial charge is 0.247 e. The first-order valence-electron chi connectivity index (χ1n) is 6.37. The van der Waals surface area contributed by atoms with E-state index < -0.39 is 0 Å². The molecule has 0 aliphatic carbocycles. The van der Waals surface area contributed by atoms with E-state index >= 15 is 0 Å². The number of aromatic amines is 1. The van der Waals surface area contributed by atoms with Crippen molar-refractivity contribution in [1.82, 2.24) is 15.4 Å². The van der Waals surface area contributed by atoms with E-state index in [1.165, 1.54) is 12.1 Å². The molecule has 0 aliphatic heterocycles. The summed E-state index contributed by atoms with van der Waals surface area (Å²) < 4.78 is 13.1. The smallest absolute Gasteiger partial charge is 0.163 e. The molecule has 0 aliphatic rings. The summed E-state index contributed by atoms with van der Waals surface area (Å²) in [6, 6.07) is 14.3. The lowest BCUT2D eigenvalue weighted by molar-refractivity contribution is 0.627. The van der Waals surface area contributed by atoms with Crippen molar-refractivity contribution in [2.45, 2.75) is 6.92 Å². The number of hydrogen-bond acceptors (Lipinski definition) is 3. The number of nitrogens with zero attached hydrogens (tertiary/aromatic N) is 3. The predicted octanol–water partition coefficient (Wildman–Crippen LogP) is 3.46. The molecule has 0 unspecified atom stereocenters. The first-order valence-corrected chi connectivity index (χ1v) is 6.37. The molecular formula is C16H11FN4. The highest BCUT2D eigenvalue weighted by atomic mass is 19.1. The van der Waals surface area contributed by atoms with Gasteiger partial charge in [0.2, 0.25) is 0 Å². The Bertz CT molecular complexity index is 828. The third kappa shape index (κ3) is 2.39. The van der Waals surface area contributed by atoms with E-state index in [1.54, 1.807) is 6.07 Å². The molecule has 3 rings (SSSR count). The van der Waals surface area contributed by atoms with Gasteiger partial charge in [-0.15, -0.1) is 5.10 Å².